The summed E-state index contributed by atoms with van der Waals surface area (Å²) in [7, 11) is 0. The Hall–Kier alpha value is -4.29. The smallest absolute Gasteiger partial charge is 0.319 e. The zero-order valence-corrected chi connectivity index (χ0v) is 29.4. The number of aromatic nitrogens is 2. The molecule has 1 aromatic heterocycles. The SMILES string of the molecule is C/C=C1\C(=NC(C)C)C(c2cc(O)cc3ccc(F)c(CC)c23)=Cc2nc(OCC34CCCN3CCC4)nc(N3CCCC(C)(C#N)C3)c21. The first kappa shape index (κ1) is 33.2. The maximum absolute atomic E-state index is 15.4. The molecular weight excluding hydrogens is 615 g/mol. The van der Waals surface area contributed by atoms with E-state index in [4.69, 9.17) is 19.7 Å². The number of nitriles is 1. The number of halogens is 1. The highest BCUT2D eigenvalue weighted by Gasteiger charge is 2.45. The van der Waals surface area contributed by atoms with E-state index in [2.05, 4.69) is 15.9 Å². The zero-order valence-electron chi connectivity index (χ0n) is 29.4. The number of ether oxygens (including phenoxy) is 1. The van der Waals surface area contributed by atoms with Gasteiger partial charge in [-0.05, 0) is 132 Å². The number of piperidine rings is 1. The Balaban J connectivity index is 1.46. The number of anilines is 1. The van der Waals surface area contributed by atoms with E-state index in [1.165, 1.54) is 18.9 Å². The molecule has 1 atom stereocenters. The van der Waals surface area contributed by atoms with Gasteiger partial charge in [0.2, 0.25) is 0 Å². The number of nitrogens with zero attached hydrogens (tertiary/aromatic N) is 6. The van der Waals surface area contributed by atoms with Gasteiger partial charge >= 0.3 is 6.01 Å². The molecule has 1 N–H and O–H groups in total. The molecule has 4 heterocycles. The highest BCUT2D eigenvalue weighted by atomic mass is 19.1. The van der Waals surface area contributed by atoms with Crippen molar-refractivity contribution in [3.63, 3.8) is 0 Å². The van der Waals surface area contributed by atoms with Gasteiger partial charge in [-0.1, -0.05) is 19.1 Å². The maximum atomic E-state index is 15.4. The van der Waals surface area contributed by atoms with E-state index < -0.39 is 5.41 Å². The summed E-state index contributed by atoms with van der Waals surface area (Å²) in [5.41, 5.74) is 4.74. The third-order valence-electron chi connectivity index (χ3n) is 11.0. The van der Waals surface area contributed by atoms with Gasteiger partial charge in [-0.15, -0.1) is 0 Å². The lowest BCUT2D eigenvalue weighted by Gasteiger charge is -2.38. The molecule has 0 radical (unpaired) electrons. The van der Waals surface area contributed by atoms with Gasteiger partial charge in [-0.3, -0.25) is 9.89 Å². The normalized spacial score (nSPS) is 23.6. The van der Waals surface area contributed by atoms with Crippen LogP contribution in [0.3, 0.4) is 0 Å². The number of phenolic OH excluding ortho intramolecular Hbond substituents is 1. The molecule has 3 saturated heterocycles. The minimum atomic E-state index is -0.508. The first-order chi connectivity index (χ1) is 23.6. The van der Waals surface area contributed by atoms with Crippen molar-refractivity contribution in [1.29, 1.82) is 5.26 Å². The van der Waals surface area contributed by atoms with Crippen molar-refractivity contribution < 1.29 is 14.2 Å². The van der Waals surface area contributed by atoms with Crippen LogP contribution in [0.2, 0.25) is 0 Å². The fraction of sp³-hybridized carbons (Fsp3) is 0.500. The molecule has 0 bridgehead atoms. The largest absolute Gasteiger partial charge is 0.508 e. The number of aromatic hydroxyl groups is 1. The number of fused-ring (bicyclic) bond motifs is 3. The Morgan fingerprint density at radius 1 is 1.12 bits per heavy atom. The maximum Gasteiger partial charge on any atom is 0.319 e. The van der Waals surface area contributed by atoms with Crippen molar-refractivity contribution in [3.8, 4) is 17.8 Å². The quantitative estimate of drug-likeness (QED) is 0.274. The van der Waals surface area contributed by atoms with Gasteiger partial charge < -0.3 is 14.7 Å². The molecule has 1 unspecified atom stereocenters. The van der Waals surface area contributed by atoms with Crippen molar-refractivity contribution in [2.24, 2.45) is 10.4 Å². The third-order valence-corrected chi connectivity index (χ3v) is 11.0. The highest BCUT2D eigenvalue weighted by molar-refractivity contribution is 6.50. The Labute approximate surface area is 289 Å². The van der Waals surface area contributed by atoms with Crippen LogP contribution in [0.25, 0.3) is 28.0 Å². The zero-order chi connectivity index (χ0) is 34.5. The van der Waals surface area contributed by atoms with Gasteiger partial charge in [-0.2, -0.15) is 15.2 Å². The summed E-state index contributed by atoms with van der Waals surface area (Å²) in [6.07, 6.45) is 10.8. The minimum absolute atomic E-state index is 0.0254. The number of rotatable bonds is 7. The van der Waals surface area contributed by atoms with Gasteiger partial charge in [0.05, 0.1) is 34.0 Å². The van der Waals surface area contributed by atoms with Gasteiger partial charge in [0, 0.05) is 30.3 Å². The van der Waals surface area contributed by atoms with Gasteiger partial charge in [0.1, 0.15) is 24.0 Å². The summed E-state index contributed by atoms with van der Waals surface area (Å²) in [6, 6.07) is 9.44. The highest BCUT2D eigenvalue weighted by Crippen LogP contribution is 2.45. The van der Waals surface area contributed by atoms with E-state index in [9.17, 15) is 10.4 Å². The molecule has 8 nitrogen and oxygen atoms in total. The van der Waals surface area contributed by atoms with E-state index in [1.54, 1.807) is 18.2 Å². The van der Waals surface area contributed by atoms with Crippen LogP contribution in [0.15, 0.2) is 35.3 Å². The number of aliphatic imine (C=N–C) groups is 1. The molecule has 0 amide bonds. The van der Waals surface area contributed by atoms with Gasteiger partial charge in [-0.25, -0.2) is 4.39 Å². The molecule has 0 spiro atoms. The van der Waals surface area contributed by atoms with Crippen LogP contribution in [-0.2, 0) is 6.42 Å². The van der Waals surface area contributed by atoms with E-state index in [1.807, 2.05) is 46.8 Å². The fourth-order valence-corrected chi connectivity index (χ4v) is 8.68. The molecule has 49 heavy (non-hydrogen) atoms. The molecule has 3 aromatic rings. The molecule has 2 aromatic carbocycles. The van der Waals surface area contributed by atoms with Crippen LogP contribution in [0.1, 0.15) is 95.5 Å². The number of benzene rings is 2. The number of phenols is 1. The van der Waals surface area contributed by atoms with Crippen LogP contribution in [-0.4, -0.2) is 70.1 Å². The van der Waals surface area contributed by atoms with Crippen LogP contribution in [0.5, 0.6) is 11.8 Å². The van der Waals surface area contributed by atoms with Crippen LogP contribution < -0.4 is 9.64 Å². The second kappa shape index (κ2) is 12.9. The molecule has 0 saturated carbocycles. The number of aryl methyl sites for hydroxylation is 1. The predicted octanol–water partition coefficient (Wildman–Crippen LogP) is 7.98. The summed E-state index contributed by atoms with van der Waals surface area (Å²) in [5.74, 6) is 0.571. The van der Waals surface area contributed by atoms with E-state index in [0.29, 0.717) is 42.4 Å². The van der Waals surface area contributed by atoms with Crippen molar-refractivity contribution in [2.45, 2.75) is 91.1 Å². The van der Waals surface area contributed by atoms with E-state index >= 15 is 4.39 Å². The summed E-state index contributed by atoms with van der Waals surface area (Å²) in [6.45, 7) is 14.1. The van der Waals surface area contributed by atoms with Crippen molar-refractivity contribution in [1.82, 2.24) is 14.9 Å². The summed E-state index contributed by atoms with van der Waals surface area (Å²) >= 11 is 0. The Kier molecular flexibility index (Phi) is 8.72. The average Bonchev–Trinajstić information content (AvgIpc) is 3.67. The third kappa shape index (κ3) is 5.88. The lowest BCUT2D eigenvalue weighted by atomic mass is 9.81. The fourth-order valence-electron chi connectivity index (χ4n) is 8.68. The second-order valence-electron chi connectivity index (χ2n) is 14.8. The predicted molar refractivity (Wildman–Crippen MR) is 195 cm³/mol. The lowest BCUT2D eigenvalue weighted by Crippen LogP contribution is -2.44. The van der Waals surface area contributed by atoms with Crippen molar-refractivity contribution >= 4 is 39.5 Å². The van der Waals surface area contributed by atoms with Gasteiger partial charge in [0.15, 0.2) is 0 Å². The molecule has 4 aliphatic rings. The summed E-state index contributed by atoms with van der Waals surface area (Å²) in [5, 5.41) is 22.6. The monoisotopic (exact) mass is 662 g/mol. The van der Waals surface area contributed by atoms with Crippen LogP contribution in [0.4, 0.5) is 10.2 Å². The lowest BCUT2D eigenvalue weighted by molar-refractivity contribution is 0.107. The topological polar surface area (TPSA) is 97.9 Å². The Morgan fingerprint density at radius 2 is 1.88 bits per heavy atom. The van der Waals surface area contributed by atoms with Gasteiger partial charge in [0.25, 0.3) is 0 Å². The van der Waals surface area contributed by atoms with Crippen LogP contribution in [0, 0.1) is 22.6 Å². The molecule has 1 aliphatic carbocycles. The van der Waals surface area contributed by atoms with E-state index in [0.717, 1.165) is 84.3 Å². The Morgan fingerprint density at radius 3 is 2.57 bits per heavy atom. The first-order valence-electron chi connectivity index (χ1n) is 18.0. The van der Waals surface area contributed by atoms with Crippen molar-refractivity contribution in [2.75, 3.05) is 37.7 Å². The molecule has 7 rings (SSSR count). The molecule has 3 aliphatic heterocycles. The molecular formula is C40H47FN6O2. The second-order valence-corrected chi connectivity index (χ2v) is 14.8. The molecule has 3 fully saturated rings. The summed E-state index contributed by atoms with van der Waals surface area (Å²) in [4.78, 5) is 20.2. The minimum Gasteiger partial charge on any atom is -0.508 e. The van der Waals surface area contributed by atoms with E-state index in [-0.39, 0.29) is 23.1 Å². The number of hydrogen-bond donors (Lipinski definition) is 1. The molecule has 9 heteroatoms. The van der Waals surface area contributed by atoms with Crippen molar-refractivity contribution in [3.05, 3.63) is 58.5 Å². The number of allylic oxidation sites excluding steroid dienone is 3. The Bertz CT molecular complexity index is 1930. The standard InChI is InChI=1S/C40H47FN6O2/c1-6-28-32(41)12-11-26-19-27(48)20-30(34(26)28)31-21-33-35(29(7-2)36(31)43-25(3)4)37(46-16-8-13-39(5,22-42)23-46)45-38(44-33)49-24-40-14-9-17-47(40)18-10-15-40/h7,11-12,19-21,25,48H,6,8-10,13-18,23-24H2,1-5H3/b29-7-,43-36?. The summed E-state index contributed by atoms with van der Waals surface area (Å²) < 4.78 is 22.0. The first-order valence-corrected chi connectivity index (χ1v) is 18.0. The number of hydrogen-bond acceptors (Lipinski definition) is 8. The van der Waals surface area contributed by atoms with Crippen LogP contribution >= 0.6 is 0 Å². The average molecular weight is 663 g/mol. The molecule has 256 valence electrons.